The maximum atomic E-state index is 12.9. The lowest BCUT2D eigenvalue weighted by molar-refractivity contribution is -0.259. The number of aryl methyl sites for hydroxylation is 1. The lowest BCUT2D eigenvalue weighted by Crippen LogP contribution is -2.39. The second-order valence-corrected chi connectivity index (χ2v) is 4.19. The first-order valence-corrected chi connectivity index (χ1v) is 5.79. The zero-order chi connectivity index (χ0) is 14.0. The highest BCUT2D eigenvalue weighted by molar-refractivity contribution is 5.42. The van der Waals surface area contributed by atoms with Crippen LogP contribution in [0.4, 0.5) is 13.2 Å². The van der Waals surface area contributed by atoms with E-state index in [0.717, 1.165) is 12.5 Å². The SMILES string of the molecule is CCOc1ccc(CC)cc1C(C)(O)C(F)(F)F. The monoisotopic (exact) mass is 262 g/mol. The highest BCUT2D eigenvalue weighted by Crippen LogP contribution is 2.42. The maximum absolute atomic E-state index is 12.9. The zero-order valence-electron chi connectivity index (χ0n) is 10.6. The highest BCUT2D eigenvalue weighted by atomic mass is 19.4. The minimum Gasteiger partial charge on any atom is -0.493 e. The summed E-state index contributed by atoms with van der Waals surface area (Å²) in [5.41, 5.74) is -2.43. The third kappa shape index (κ3) is 2.77. The molecule has 1 N–H and O–H groups in total. The number of benzene rings is 1. The van der Waals surface area contributed by atoms with Gasteiger partial charge in [0.2, 0.25) is 0 Å². The van der Waals surface area contributed by atoms with Crippen LogP contribution in [0.2, 0.25) is 0 Å². The van der Waals surface area contributed by atoms with E-state index in [1.165, 1.54) is 12.1 Å². The van der Waals surface area contributed by atoms with E-state index >= 15 is 0 Å². The van der Waals surface area contributed by atoms with Crippen molar-refractivity contribution in [3.05, 3.63) is 29.3 Å². The maximum Gasteiger partial charge on any atom is 0.421 e. The number of hydrogen-bond acceptors (Lipinski definition) is 2. The molecule has 1 rings (SSSR count). The molecule has 0 spiro atoms. The van der Waals surface area contributed by atoms with E-state index in [0.29, 0.717) is 6.42 Å². The largest absolute Gasteiger partial charge is 0.493 e. The quantitative estimate of drug-likeness (QED) is 0.901. The first-order chi connectivity index (χ1) is 8.24. The van der Waals surface area contributed by atoms with Crippen molar-refractivity contribution in [1.82, 2.24) is 0 Å². The molecule has 2 nitrogen and oxygen atoms in total. The average molecular weight is 262 g/mol. The smallest absolute Gasteiger partial charge is 0.421 e. The summed E-state index contributed by atoms with van der Waals surface area (Å²) >= 11 is 0. The molecule has 5 heteroatoms. The van der Waals surface area contributed by atoms with Crippen LogP contribution in [0, 0.1) is 0 Å². The van der Waals surface area contributed by atoms with Gasteiger partial charge >= 0.3 is 6.18 Å². The number of halogens is 3. The molecule has 1 aromatic carbocycles. The molecule has 0 aliphatic heterocycles. The topological polar surface area (TPSA) is 29.5 Å². The standard InChI is InChI=1S/C13H17F3O2/c1-4-9-6-7-11(18-5-2)10(8-9)12(3,17)13(14,15)16/h6-8,17H,4-5H2,1-3H3. The minimum absolute atomic E-state index is 0.0667. The van der Waals surface area contributed by atoms with Gasteiger partial charge in [0.05, 0.1) is 6.61 Å². The molecule has 0 heterocycles. The molecule has 1 unspecified atom stereocenters. The molecule has 1 aromatic rings. The third-order valence-corrected chi connectivity index (χ3v) is 2.83. The summed E-state index contributed by atoms with van der Waals surface area (Å²) in [6, 6.07) is 4.51. The molecule has 0 fully saturated rings. The van der Waals surface area contributed by atoms with Crippen LogP contribution < -0.4 is 4.74 Å². The molecule has 0 aliphatic carbocycles. The second kappa shape index (κ2) is 5.18. The number of hydrogen-bond donors (Lipinski definition) is 1. The summed E-state index contributed by atoms with van der Waals surface area (Å²) in [6.07, 6.45) is -4.15. The Hall–Kier alpha value is -1.23. The second-order valence-electron chi connectivity index (χ2n) is 4.19. The van der Waals surface area contributed by atoms with Crippen LogP contribution in [-0.4, -0.2) is 17.9 Å². The molecule has 0 saturated carbocycles. The summed E-state index contributed by atoms with van der Waals surface area (Å²) in [4.78, 5) is 0. The van der Waals surface area contributed by atoms with Crippen LogP contribution >= 0.6 is 0 Å². The molecule has 0 bridgehead atoms. The van der Waals surface area contributed by atoms with Crippen molar-refractivity contribution < 1.29 is 23.0 Å². The summed E-state index contributed by atoms with van der Waals surface area (Å²) in [6.45, 7) is 4.50. The number of rotatable bonds is 4. The van der Waals surface area contributed by atoms with Crippen LogP contribution in [0.25, 0.3) is 0 Å². The highest BCUT2D eigenvalue weighted by Gasteiger charge is 2.52. The van der Waals surface area contributed by atoms with E-state index in [1.54, 1.807) is 13.0 Å². The molecule has 0 amide bonds. The first-order valence-electron chi connectivity index (χ1n) is 5.79. The fourth-order valence-electron chi connectivity index (χ4n) is 1.61. The van der Waals surface area contributed by atoms with Crippen molar-refractivity contribution >= 4 is 0 Å². The fraction of sp³-hybridized carbons (Fsp3) is 0.538. The predicted octanol–water partition coefficient (Wildman–Crippen LogP) is 3.42. The van der Waals surface area contributed by atoms with Gasteiger partial charge in [0.25, 0.3) is 0 Å². The first kappa shape index (κ1) is 14.8. The molecule has 0 aliphatic rings. The van der Waals surface area contributed by atoms with E-state index in [4.69, 9.17) is 4.74 Å². The van der Waals surface area contributed by atoms with Crippen molar-refractivity contribution in [2.75, 3.05) is 6.61 Å². The van der Waals surface area contributed by atoms with Gasteiger partial charge in [0.1, 0.15) is 5.75 Å². The van der Waals surface area contributed by atoms with Gasteiger partial charge in [-0.1, -0.05) is 13.0 Å². The van der Waals surface area contributed by atoms with Gasteiger partial charge in [-0.15, -0.1) is 0 Å². The zero-order valence-corrected chi connectivity index (χ0v) is 10.6. The van der Waals surface area contributed by atoms with Gasteiger partial charge in [-0.3, -0.25) is 0 Å². The molecule has 18 heavy (non-hydrogen) atoms. The molecular formula is C13H17F3O2. The van der Waals surface area contributed by atoms with Gasteiger partial charge in [0.15, 0.2) is 5.60 Å². The van der Waals surface area contributed by atoms with Crippen molar-refractivity contribution in [3.63, 3.8) is 0 Å². The summed E-state index contributed by atoms with van der Waals surface area (Å²) < 4.78 is 43.8. The van der Waals surface area contributed by atoms with Gasteiger partial charge in [0, 0.05) is 5.56 Å². The molecule has 1 atom stereocenters. The summed E-state index contributed by atoms with van der Waals surface area (Å²) in [7, 11) is 0. The van der Waals surface area contributed by atoms with Crippen LogP contribution in [-0.2, 0) is 12.0 Å². The van der Waals surface area contributed by atoms with Crippen LogP contribution in [0.3, 0.4) is 0 Å². The molecule has 0 aromatic heterocycles. The summed E-state index contributed by atoms with van der Waals surface area (Å²) in [5.74, 6) is 0.0667. The van der Waals surface area contributed by atoms with Gasteiger partial charge < -0.3 is 9.84 Å². The molecule has 0 radical (unpaired) electrons. The van der Waals surface area contributed by atoms with Crippen molar-refractivity contribution in [2.24, 2.45) is 0 Å². The Bertz CT molecular complexity index is 411. The molecule has 102 valence electrons. The molecule has 0 saturated heterocycles. The Balaban J connectivity index is 3.35. The Kier molecular flexibility index (Phi) is 4.27. The number of aliphatic hydroxyl groups is 1. The fourth-order valence-corrected chi connectivity index (χ4v) is 1.61. The normalized spacial score (nSPS) is 15.3. The van der Waals surface area contributed by atoms with Gasteiger partial charge in [-0.2, -0.15) is 13.2 Å². The predicted molar refractivity (Wildman–Crippen MR) is 62.6 cm³/mol. The van der Waals surface area contributed by atoms with E-state index in [1.807, 2.05) is 6.92 Å². The average Bonchev–Trinajstić information content (AvgIpc) is 2.28. The lowest BCUT2D eigenvalue weighted by atomic mass is 9.92. The van der Waals surface area contributed by atoms with E-state index in [9.17, 15) is 18.3 Å². The Morgan fingerprint density at radius 3 is 2.28 bits per heavy atom. The van der Waals surface area contributed by atoms with Crippen LogP contribution in [0.15, 0.2) is 18.2 Å². The van der Waals surface area contributed by atoms with E-state index in [-0.39, 0.29) is 17.9 Å². The number of ether oxygens (including phenoxy) is 1. The van der Waals surface area contributed by atoms with Crippen LogP contribution in [0.5, 0.6) is 5.75 Å². The van der Waals surface area contributed by atoms with Crippen molar-refractivity contribution in [2.45, 2.75) is 39.0 Å². The Labute approximate surface area is 104 Å². The van der Waals surface area contributed by atoms with E-state index < -0.39 is 11.8 Å². The lowest BCUT2D eigenvalue weighted by Gasteiger charge is -2.28. The Morgan fingerprint density at radius 2 is 1.83 bits per heavy atom. The Morgan fingerprint density at radius 1 is 1.22 bits per heavy atom. The van der Waals surface area contributed by atoms with Crippen LogP contribution in [0.1, 0.15) is 31.9 Å². The third-order valence-electron chi connectivity index (χ3n) is 2.83. The minimum atomic E-state index is -4.74. The van der Waals surface area contributed by atoms with Gasteiger partial charge in [-0.05, 0) is 38.0 Å². The summed E-state index contributed by atoms with van der Waals surface area (Å²) in [5, 5.41) is 9.74. The van der Waals surface area contributed by atoms with E-state index in [2.05, 4.69) is 0 Å². The van der Waals surface area contributed by atoms with Crippen molar-refractivity contribution in [1.29, 1.82) is 0 Å². The van der Waals surface area contributed by atoms with Gasteiger partial charge in [-0.25, -0.2) is 0 Å². The molecular weight excluding hydrogens is 245 g/mol. The number of alkyl halides is 3. The van der Waals surface area contributed by atoms with Crippen molar-refractivity contribution in [3.8, 4) is 5.75 Å².